The second-order valence-corrected chi connectivity index (χ2v) is 46.9. The lowest BCUT2D eigenvalue weighted by atomic mass is 9.86. The number of aromatic nitrogens is 1. The number of carbonyl (C=O) groups excluding carboxylic acids is 8. The van der Waals surface area contributed by atoms with E-state index in [4.69, 9.17) is 40.3 Å². The lowest BCUT2D eigenvalue weighted by molar-refractivity contribution is -0.124. The van der Waals surface area contributed by atoms with Crippen LogP contribution in [0.5, 0.6) is 28.7 Å². The van der Waals surface area contributed by atoms with Gasteiger partial charge in [-0.15, -0.1) is 11.8 Å². The summed E-state index contributed by atoms with van der Waals surface area (Å²) in [7, 11) is -5.32. The predicted octanol–water partition coefficient (Wildman–Crippen LogP) is 29.1. The van der Waals surface area contributed by atoms with Crippen molar-refractivity contribution in [3.05, 3.63) is 303 Å². The summed E-state index contributed by atoms with van der Waals surface area (Å²) in [6.07, 6.45) is 8.03. The van der Waals surface area contributed by atoms with Gasteiger partial charge in [0.25, 0.3) is 0 Å². The van der Waals surface area contributed by atoms with Crippen LogP contribution in [0.3, 0.4) is 0 Å². The standard InChI is InChI=1S/C19H19NOS.C19H17NO.C16H24O2.2C15H21NO3S.C15H22O2.C14H19ClO2.C12H16O3/c1-13(2)19(21)15-9-7-14(8-10-15)12-22-18-11-16-5-3-4-6-17(16)20-18;1-13(2)19(21)16-12-18(14-8-4-3-5-9-14)20-17-11-7-6-10-15(16)17;1-11(2)14(17)10-18-15-8-7-13(9-12(15)3)16(4,5)6;2*1-12(2)15(17)13-7-6-8-14(11-13)20(18,19)16-9-4-3-5-10-16;1-10(2)13-6-7-15(12(5)8-13)17-9-14(16)11(3)4;1-10(2)13(16)5-4-8-17-14-7-6-11(3)9-12(14)15;1-9(2)12(13)8-15-11-6-4-10(14-3)5-7-11/h3-10,13H,11-12H2,1-2H3;3-13H,1-2H3;7-9,11H,10H2,1-6H3;2*6-8,11-12H,3-5,9-10H2,1-2H3;6-8,10-11H,9H2,1-5H3;6-7,9-10H,4-5,8H2,1-3H3;4-7,9H,8H2,1-3H3. The number of carbonyl (C=O) groups is 8. The fourth-order valence-electron chi connectivity index (χ4n) is 15.2. The quantitative estimate of drug-likeness (QED) is 0.0263. The van der Waals surface area contributed by atoms with E-state index in [0.717, 1.165) is 130 Å². The molecule has 3 aliphatic rings. The van der Waals surface area contributed by atoms with E-state index < -0.39 is 20.0 Å². The fraction of sp³-hybridized carbons (Fsp3) is 0.424. The van der Waals surface area contributed by atoms with Gasteiger partial charge in [0.05, 0.1) is 50.5 Å². The second kappa shape index (κ2) is 61.6. The van der Waals surface area contributed by atoms with Gasteiger partial charge in [0, 0.05) is 125 Å². The molecular weight excluding hydrogens is 1960 g/mol. The number of Topliss-reactive ketones (excluding diaryl/α,β-unsaturated/α-hetero) is 8. The van der Waals surface area contributed by atoms with Gasteiger partial charge in [-0.2, -0.15) is 8.61 Å². The number of thioether (sulfide) groups is 1. The summed E-state index contributed by atoms with van der Waals surface area (Å²) in [6, 6.07) is 73.9. The van der Waals surface area contributed by atoms with Crippen LogP contribution in [0.15, 0.2) is 251 Å². The molecule has 2 saturated heterocycles. The number of benzene rings is 10. The highest BCUT2D eigenvalue weighted by Crippen LogP contribution is 2.35. The van der Waals surface area contributed by atoms with Gasteiger partial charge in [-0.05, 0) is 194 Å². The first-order valence-corrected chi connectivity index (χ1v) is 56.6. The number of nitrogens with zero attached hydrogens (tertiary/aromatic N) is 4. The predicted molar refractivity (Wildman–Crippen MR) is 612 cm³/mol. The summed E-state index contributed by atoms with van der Waals surface area (Å²) in [4.78, 5) is 104. The molecule has 0 atom stereocenters. The number of halogens is 1. The number of para-hydroxylation sites is 2. The van der Waals surface area contributed by atoms with E-state index in [-0.39, 0.29) is 129 Å². The molecule has 150 heavy (non-hydrogen) atoms. The molecule has 806 valence electrons. The van der Waals surface area contributed by atoms with Crippen molar-refractivity contribution in [2.45, 2.75) is 251 Å². The summed E-state index contributed by atoms with van der Waals surface area (Å²) in [5.41, 5.74) is 14.9. The molecule has 0 radical (unpaired) electrons. The molecule has 0 amide bonds. The van der Waals surface area contributed by atoms with Crippen molar-refractivity contribution in [2.24, 2.45) is 52.3 Å². The average molecular weight is 2120 g/mol. The first-order valence-electron chi connectivity index (χ1n) is 52.4. The molecule has 0 N–H and O–H groups in total. The topological polar surface area (TPSA) is 283 Å². The van der Waals surface area contributed by atoms with Crippen LogP contribution >= 0.6 is 23.4 Å². The number of sulfonamides is 2. The molecule has 21 nitrogen and oxygen atoms in total. The molecule has 0 spiro atoms. The Labute approximate surface area is 903 Å². The fourth-order valence-corrected chi connectivity index (χ4v) is 19.6. The van der Waals surface area contributed by atoms with Crippen molar-refractivity contribution in [3.8, 4) is 40.0 Å². The summed E-state index contributed by atoms with van der Waals surface area (Å²) >= 11 is 7.81. The molecule has 0 aliphatic carbocycles. The molecule has 25 heteroatoms. The number of aliphatic imine (C=N–C) groups is 1. The molecule has 2 fully saturated rings. The van der Waals surface area contributed by atoms with Crippen LogP contribution in [0.4, 0.5) is 5.69 Å². The minimum absolute atomic E-state index is 0.0169. The van der Waals surface area contributed by atoms with Crippen molar-refractivity contribution < 1.29 is 78.9 Å². The molecule has 4 heterocycles. The van der Waals surface area contributed by atoms with E-state index in [0.29, 0.717) is 72.8 Å². The molecule has 14 rings (SSSR count). The highest BCUT2D eigenvalue weighted by atomic mass is 35.5. The second-order valence-electron chi connectivity index (χ2n) is 41.6. The van der Waals surface area contributed by atoms with Gasteiger partial charge in [-0.3, -0.25) is 38.4 Å². The molecule has 11 aromatic rings. The van der Waals surface area contributed by atoms with Gasteiger partial charge in [0.15, 0.2) is 40.5 Å². The Kier molecular flexibility index (Phi) is 51.3. The maximum Gasteiger partial charge on any atom is 0.243 e. The number of piperidine rings is 2. The number of pyridine rings is 1. The molecule has 0 bridgehead atoms. The van der Waals surface area contributed by atoms with Crippen molar-refractivity contribution in [3.63, 3.8) is 0 Å². The van der Waals surface area contributed by atoms with Crippen LogP contribution in [0.2, 0.25) is 5.02 Å². The van der Waals surface area contributed by atoms with Gasteiger partial charge >= 0.3 is 0 Å². The lowest BCUT2D eigenvalue weighted by Crippen LogP contribution is -2.35. The number of ketones is 8. The van der Waals surface area contributed by atoms with Gasteiger partial charge in [0.2, 0.25) is 20.0 Å². The number of fused-ring (bicyclic) bond motifs is 2. The van der Waals surface area contributed by atoms with E-state index >= 15 is 0 Å². The Morgan fingerprint density at radius 2 is 0.880 bits per heavy atom. The number of hydrogen-bond donors (Lipinski definition) is 0. The zero-order valence-corrected chi connectivity index (χ0v) is 96.0. The molecule has 0 unspecified atom stereocenters. The normalized spacial score (nSPS) is 13.0. The zero-order valence-electron chi connectivity index (χ0n) is 92.8. The molecule has 1 aromatic heterocycles. The van der Waals surface area contributed by atoms with Crippen LogP contribution < -0.4 is 23.7 Å². The highest BCUT2D eigenvalue weighted by molar-refractivity contribution is 8.13. The number of ether oxygens (including phenoxy) is 5. The van der Waals surface area contributed by atoms with Crippen LogP contribution in [0.1, 0.15) is 283 Å². The molecular formula is C125H159ClN4O17S3. The Morgan fingerprint density at radius 3 is 1.35 bits per heavy atom. The van der Waals surface area contributed by atoms with Gasteiger partial charge in [-0.1, -0.05) is 315 Å². The Bertz CT molecular complexity index is 6420. The molecule has 0 saturated carbocycles. The smallest absolute Gasteiger partial charge is 0.243 e. The van der Waals surface area contributed by atoms with Crippen LogP contribution in [-0.4, -0.2) is 141 Å². The summed E-state index contributed by atoms with van der Waals surface area (Å²) < 4.78 is 80.2. The highest BCUT2D eigenvalue weighted by Gasteiger charge is 2.30. The van der Waals surface area contributed by atoms with Gasteiger partial charge < -0.3 is 23.7 Å². The molecule has 10 aromatic carbocycles. The first kappa shape index (κ1) is 125. The lowest BCUT2D eigenvalue weighted by Gasteiger charge is -2.26. The third kappa shape index (κ3) is 40.4. The monoisotopic (exact) mass is 2120 g/mol. The number of aryl methyl sites for hydroxylation is 3. The maximum atomic E-state index is 12.5. The van der Waals surface area contributed by atoms with Crippen molar-refractivity contribution in [1.82, 2.24) is 13.6 Å². The van der Waals surface area contributed by atoms with Crippen molar-refractivity contribution in [2.75, 3.05) is 59.7 Å². The molecule has 3 aliphatic heterocycles. The van der Waals surface area contributed by atoms with Gasteiger partial charge in [0.1, 0.15) is 54.4 Å². The maximum absolute atomic E-state index is 12.5. The van der Waals surface area contributed by atoms with E-state index in [2.05, 4.69) is 82.1 Å². The Morgan fingerprint density at radius 1 is 0.420 bits per heavy atom. The van der Waals surface area contributed by atoms with Crippen LogP contribution in [-0.2, 0) is 56.8 Å². The number of hydrogen-bond acceptors (Lipinski definition) is 20. The number of methoxy groups -OCH3 is 1. The SMILES string of the molecule is CC(C)C(=O)c1cc(-c2ccccc2)nc2ccccc12.CC(C)C(=O)c1ccc(CSC2=Nc3ccccc3C2)cc1.CC(C)C(=O)c1cccc(S(=O)(=O)N2CCCCC2)c1.CC(C)C(=O)c1cccc(S(=O)(=O)N2CCCCC2)c1.COc1ccc(OCC(=O)C(C)C)cc1.Cc1cc(C(C)(C)C)ccc1OCC(=O)C(C)C.Cc1cc(C(C)C)ccc1OCC(=O)C(C)C.Cc1ccc(OCCCC(=O)C(C)C)c(Cl)c1. The van der Waals surface area contributed by atoms with E-state index in [1.54, 1.807) is 79.5 Å². The van der Waals surface area contributed by atoms with Crippen LogP contribution in [0.25, 0.3) is 22.2 Å². The first-order chi connectivity index (χ1) is 70.9. The third-order valence-corrected chi connectivity index (χ3v) is 30.2. The number of rotatable bonds is 35. The summed E-state index contributed by atoms with van der Waals surface area (Å²) in [6.45, 7) is 50.3. The minimum Gasteiger partial charge on any atom is -0.497 e. The van der Waals surface area contributed by atoms with E-state index in [1.165, 1.54) is 48.0 Å². The van der Waals surface area contributed by atoms with Gasteiger partial charge in [-0.25, -0.2) is 26.8 Å². The van der Waals surface area contributed by atoms with Crippen molar-refractivity contribution >= 4 is 111 Å². The summed E-state index contributed by atoms with van der Waals surface area (Å²) in [5.74, 6) is 6.06. The Balaban J connectivity index is 0.000000232. The summed E-state index contributed by atoms with van der Waals surface area (Å²) in [5, 5.41) is 2.72. The van der Waals surface area contributed by atoms with E-state index in [9.17, 15) is 55.2 Å². The van der Waals surface area contributed by atoms with E-state index in [1.807, 2.05) is 253 Å². The zero-order chi connectivity index (χ0) is 111. The average Bonchev–Trinajstić information content (AvgIpc) is 1.18. The third-order valence-electron chi connectivity index (χ3n) is 25.1. The largest absolute Gasteiger partial charge is 0.497 e. The Hall–Kier alpha value is -11.9. The van der Waals surface area contributed by atoms with Crippen molar-refractivity contribution in [1.29, 1.82) is 0 Å². The van der Waals surface area contributed by atoms with Crippen LogP contribution in [0, 0.1) is 68.1 Å². The minimum atomic E-state index is -3.46.